The first-order chi connectivity index (χ1) is 6.84. The van der Waals surface area contributed by atoms with Crippen LogP contribution in [-0.4, -0.2) is 54.1 Å². The van der Waals surface area contributed by atoms with Gasteiger partial charge in [0.1, 0.15) is 0 Å². The smallest absolute Gasteiger partial charge is 0.0264 e. The van der Waals surface area contributed by atoms with Gasteiger partial charge in [0, 0.05) is 37.8 Å². The van der Waals surface area contributed by atoms with Gasteiger partial charge in [0.15, 0.2) is 0 Å². The molecule has 3 rings (SSSR count). The second kappa shape index (κ2) is 3.47. The van der Waals surface area contributed by atoms with Gasteiger partial charge in [-0.25, -0.2) is 0 Å². The van der Waals surface area contributed by atoms with Gasteiger partial charge < -0.3 is 5.73 Å². The normalized spacial score (nSPS) is 44.8. The summed E-state index contributed by atoms with van der Waals surface area (Å²) in [6.45, 7) is 5.08. The Balaban J connectivity index is 1.67. The number of nitrogens with zero attached hydrogens (tertiary/aromatic N) is 2. The average molecular weight is 195 g/mol. The van der Waals surface area contributed by atoms with E-state index in [1.54, 1.807) is 0 Å². The van der Waals surface area contributed by atoms with Crippen molar-refractivity contribution in [2.45, 2.75) is 43.8 Å². The highest BCUT2D eigenvalue weighted by Gasteiger charge is 2.41. The zero-order chi connectivity index (χ0) is 9.54. The maximum Gasteiger partial charge on any atom is 0.0264 e. The molecule has 3 heteroatoms. The summed E-state index contributed by atoms with van der Waals surface area (Å²) in [7, 11) is 0. The van der Waals surface area contributed by atoms with Crippen LogP contribution in [0, 0.1) is 0 Å². The second-order valence-corrected chi connectivity index (χ2v) is 5.15. The molecule has 0 spiro atoms. The molecule has 3 aliphatic heterocycles. The molecule has 0 aromatic heterocycles. The fraction of sp³-hybridized carbons (Fsp3) is 1.00. The van der Waals surface area contributed by atoms with Crippen molar-refractivity contribution in [1.82, 2.24) is 9.80 Å². The Morgan fingerprint density at radius 1 is 0.857 bits per heavy atom. The quantitative estimate of drug-likeness (QED) is 0.651. The van der Waals surface area contributed by atoms with Gasteiger partial charge >= 0.3 is 0 Å². The fourth-order valence-electron chi connectivity index (χ4n) is 3.60. The lowest BCUT2D eigenvalue weighted by Gasteiger charge is -2.29. The maximum atomic E-state index is 5.97. The molecular weight excluding hydrogens is 174 g/mol. The number of nitrogens with two attached hydrogens (primary N) is 1. The molecule has 3 fully saturated rings. The lowest BCUT2D eigenvalue weighted by molar-refractivity contribution is 0.190. The molecule has 3 aliphatic rings. The Hall–Kier alpha value is -0.120. The summed E-state index contributed by atoms with van der Waals surface area (Å²) in [5.74, 6) is 0. The second-order valence-electron chi connectivity index (χ2n) is 5.15. The summed E-state index contributed by atoms with van der Waals surface area (Å²) < 4.78 is 0. The van der Waals surface area contributed by atoms with Crippen molar-refractivity contribution < 1.29 is 0 Å². The molecule has 0 aliphatic carbocycles. The first-order valence-corrected chi connectivity index (χ1v) is 6.08. The van der Waals surface area contributed by atoms with Crippen LogP contribution in [-0.2, 0) is 0 Å². The number of rotatable bonds is 1. The highest BCUT2D eigenvalue weighted by molar-refractivity contribution is 4.98. The summed E-state index contributed by atoms with van der Waals surface area (Å²) in [4.78, 5) is 5.34. The highest BCUT2D eigenvalue weighted by Crippen LogP contribution is 2.32. The van der Waals surface area contributed by atoms with Gasteiger partial charge in [-0.15, -0.1) is 0 Å². The van der Waals surface area contributed by atoms with Crippen molar-refractivity contribution in [3.05, 3.63) is 0 Å². The van der Waals surface area contributed by atoms with E-state index in [2.05, 4.69) is 9.80 Å². The van der Waals surface area contributed by atoms with Gasteiger partial charge in [-0.1, -0.05) is 0 Å². The van der Waals surface area contributed by atoms with E-state index in [1.165, 1.54) is 45.3 Å². The molecule has 0 amide bonds. The minimum atomic E-state index is 0.449. The number of hydrogen-bond donors (Lipinski definition) is 1. The number of fused-ring (bicyclic) bond motifs is 1. The fourth-order valence-corrected chi connectivity index (χ4v) is 3.60. The Labute approximate surface area is 86.2 Å². The summed E-state index contributed by atoms with van der Waals surface area (Å²) in [5.41, 5.74) is 5.97. The predicted molar refractivity (Wildman–Crippen MR) is 57.2 cm³/mol. The van der Waals surface area contributed by atoms with Crippen molar-refractivity contribution in [3.8, 4) is 0 Å². The zero-order valence-electron chi connectivity index (χ0n) is 8.86. The molecule has 3 unspecified atom stereocenters. The maximum absolute atomic E-state index is 5.97. The van der Waals surface area contributed by atoms with Crippen molar-refractivity contribution in [2.75, 3.05) is 26.2 Å². The molecule has 0 saturated carbocycles. The molecule has 3 nitrogen and oxygen atoms in total. The van der Waals surface area contributed by atoms with E-state index in [-0.39, 0.29) is 0 Å². The third-order valence-corrected chi connectivity index (χ3v) is 4.30. The highest BCUT2D eigenvalue weighted by atomic mass is 15.3. The van der Waals surface area contributed by atoms with Crippen LogP contribution in [0.15, 0.2) is 0 Å². The van der Waals surface area contributed by atoms with Crippen molar-refractivity contribution >= 4 is 0 Å². The van der Waals surface area contributed by atoms with Crippen molar-refractivity contribution in [1.29, 1.82) is 0 Å². The van der Waals surface area contributed by atoms with Gasteiger partial charge in [0.05, 0.1) is 0 Å². The first kappa shape index (κ1) is 9.13. The van der Waals surface area contributed by atoms with Crippen LogP contribution in [0.4, 0.5) is 0 Å². The molecule has 3 atom stereocenters. The lowest BCUT2D eigenvalue weighted by Crippen LogP contribution is -2.42. The van der Waals surface area contributed by atoms with Crippen molar-refractivity contribution in [2.24, 2.45) is 5.73 Å². The topological polar surface area (TPSA) is 32.5 Å². The molecule has 14 heavy (non-hydrogen) atoms. The Morgan fingerprint density at radius 3 is 2.43 bits per heavy atom. The molecule has 2 N–H and O–H groups in total. The van der Waals surface area contributed by atoms with Gasteiger partial charge in [0.2, 0.25) is 0 Å². The van der Waals surface area contributed by atoms with Crippen LogP contribution in [0.25, 0.3) is 0 Å². The van der Waals surface area contributed by atoms with E-state index in [4.69, 9.17) is 5.73 Å². The minimum Gasteiger partial charge on any atom is -0.326 e. The molecule has 3 heterocycles. The number of hydrogen-bond acceptors (Lipinski definition) is 3. The van der Waals surface area contributed by atoms with E-state index in [0.29, 0.717) is 6.04 Å². The molecule has 0 aromatic carbocycles. The molecule has 80 valence electrons. The average Bonchev–Trinajstić information content (AvgIpc) is 2.77. The van der Waals surface area contributed by atoms with Crippen molar-refractivity contribution in [3.63, 3.8) is 0 Å². The third kappa shape index (κ3) is 1.38. The van der Waals surface area contributed by atoms with E-state index in [9.17, 15) is 0 Å². The SMILES string of the molecule is NC1CCN(C2CCN3CCCC23)C1. The van der Waals surface area contributed by atoms with Crippen LogP contribution in [0.2, 0.25) is 0 Å². The minimum absolute atomic E-state index is 0.449. The van der Waals surface area contributed by atoms with Crippen LogP contribution in [0.3, 0.4) is 0 Å². The number of likely N-dealkylation sites (tertiary alicyclic amines) is 1. The summed E-state index contributed by atoms with van der Waals surface area (Å²) in [5, 5.41) is 0. The van der Waals surface area contributed by atoms with Crippen LogP contribution in [0.5, 0.6) is 0 Å². The van der Waals surface area contributed by atoms with Gasteiger partial charge in [-0.3, -0.25) is 9.80 Å². The van der Waals surface area contributed by atoms with Crippen LogP contribution in [0.1, 0.15) is 25.7 Å². The summed E-state index contributed by atoms with van der Waals surface area (Å²) in [6.07, 6.45) is 5.44. The Morgan fingerprint density at radius 2 is 1.64 bits per heavy atom. The Kier molecular flexibility index (Phi) is 2.26. The molecular formula is C11H21N3. The summed E-state index contributed by atoms with van der Waals surface area (Å²) in [6, 6.07) is 2.16. The van der Waals surface area contributed by atoms with Gasteiger partial charge in [0.25, 0.3) is 0 Å². The molecule has 0 bridgehead atoms. The van der Waals surface area contributed by atoms with Crippen LogP contribution >= 0.6 is 0 Å². The zero-order valence-corrected chi connectivity index (χ0v) is 8.86. The van der Waals surface area contributed by atoms with E-state index in [0.717, 1.165) is 18.6 Å². The lowest BCUT2D eigenvalue weighted by atomic mass is 10.1. The molecule has 0 aromatic rings. The van der Waals surface area contributed by atoms with Gasteiger partial charge in [-0.2, -0.15) is 0 Å². The standard InChI is InChI=1S/C11H21N3/c12-9-3-6-14(8-9)11-4-7-13-5-1-2-10(11)13/h9-11H,1-8,12H2. The third-order valence-electron chi connectivity index (χ3n) is 4.30. The molecule has 3 saturated heterocycles. The Bertz CT molecular complexity index is 219. The van der Waals surface area contributed by atoms with Crippen LogP contribution < -0.4 is 5.73 Å². The predicted octanol–water partition coefficient (Wildman–Crippen LogP) is 0.256. The summed E-state index contributed by atoms with van der Waals surface area (Å²) >= 11 is 0. The molecule has 0 radical (unpaired) electrons. The largest absolute Gasteiger partial charge is 0.326 e. The first-order valence-electron chi connectivity index (χ1n) is 6.08. The van der Waals surface area contributed by atoms with E-state index in [1.807, 2.05) is 0 Å². The van der Waals surface area contributed by atoms with Gasteiger partial charge in [-0.05, 0) is 32.2 Å². The van der Waals surface area contributed by atoms with E-state index < -0.39 is 0 Å². The monoisotopic (exact) mass is 195 g/mol. The van der Waals surface area contributed by atoms with E-state index >= 15 is 0 Å².